The molecule has 4 fully saturated rings. The van der Waals surface area contributed by atoms with E-state index in [9.17, 15) is 14.4 Å². The molecule has 1 N–H and O–H groups in total. The summed E-state index contributed by atoms with van der Waals surface area (Å²) in [5.41, 5.74) is 3.26. The van der Waals surface area contributed by atoms with Gasteiger partial charge in [-0.1, -0.05) is 12.1 Å². The Hall–Kier alpha value is -3.09. The number of nitrogens with zero attached hydrogens (tertiary/aromatic N) is 3. The maximum atomic E-state index is 13.2. The number of nitrogens with one attached hydrogen (secondary N) is 1. The number of anilines is 1. The van der Waals surface area contributed by atoms with Gasteiger partial charge in [0.25, 0.3) is 0 Å². The highest BCUT2D eigenvalue weighted by molar-refractivity contribution is 6.08. The van der Waals surface area contributed by atoms with Crippen LogP contribution in [0, 0.1) is 23.7 Å². The quantitative estimate of drug-likeness (QED) is 0.723. The van der Waals surface area contributed by atoms with E-state index in [-0.39, 0.29) is 41.6 Å². The SMILES string of the molecule is O=C(CN1C(=O)[C@H]2[C@@H]3CC[C@@H](C3)[C@@H]2C1=O)N1CCC2(CC1)Nc1ccccc1-n1cccc12. The summed E-state index contributed by atoms with van der Waals surface area (Å²) >= 11 is 0. The van der Waals surface area contributed by atoms with Crippen LogP contribution in [0.25, 0.3) is 5.69 Å². The molecule has 2 bridgehead atoms. The van der Waals surface area contributed by atoms with Crippen LogP contribution in [0.4, 0.5) is 5.69 Å². The van der Waals surface area contributed by atoms with Gasteiger partial charge in [0, 0.05) is 25.0 Å². The minimum atomic E-state index is -0.218. The molecule has 3 amide bonds. The molecule has 1 aromatic heterocycles. The second-order valence-electron chi connectivity index (χ2n) is 10.5. The zero-order valence-electron chi connectivity index (χ0n) is 18.6. The van der Waals surface area contributed by atoms with Crippen molar-refractivity contribution in [3.63, 3.8) is 0 Å². The normalized spacial score (nSPS) is 30.9. The number of piperidine rings is 1. The Morgan fingerprint density at radius 3 is 2.39 bits per heavy atom. The number of amides is 3. The Labute approximate surface area is 192 Å². The molecule has 0 unspecified atom stereocenters. The number of hydrogen-bond acceptors (Lipinski definition) is 4. The molecular weight excluding hydrogens is 416 g/mol. The van der Waals surface area contributed by atoms with Gasteiger partial charge < -0.3 is 14.8 Å². The number of carbonyl (C=O) groups is 3. The highest BCUT2D eigenvalue weighted by Gasteiger charge is 2.61. The van der Waals surface area contributed by atoms with Gasteiger partial charge in [0.15, 0.2) is 0 Å². The maximum absolute atomic E-state index is 13.2. The number of imide groups is 1. The first-order valence-corrected chi connectivity index (χ1v) is 12.2. The second kappa shape index (κ2) is 6.72. The van der Waals surface area contributed by atoms with E-state index in [4.69, 9.17) is 0 Å². The van der Waals surface area contributed by atoms with E-state index in [1.165, 1.54) is 10.6 Å². The monoisotopic (exact) mass is 444 g/mol. The highest BCUT2D eigenvalue weighted by atomic mass is 16.2. The minimum absolute atomic E-state index is 0.0935. The zero-order valence-corrected chi connectivity index (χ0v) is 18.6. The van der Waals surface area contributed by atoms with Crippen LogP contribution in [0.15, 0.2) is 42.6 Å². The van der Waals surface area contributed by atoms with Crippen LogP contribution in [0.1, 0.15) is 37.8 Å². The van der Waals surface area contributed by atoms with Crippen molar-refractivity contribution in [2.75, 3.05) is 25.0 Å². The summed E-state index contributed by atoms with van der Waals surface area (Å²) in [6.07, 6.45) is 6.80. The summed E-state index contributed by atoms with van der Waals surface area (Å²) in [4.78, 5) is 42.3. The first-order valence-electron chi connectivity index (χ1n) is 12.2. The smallest absolute Gasteiger partial charge is 0.242 e. The largest absolute Gasteiger partial charge is 0.372 e. The van der Waals surface area contributed by atoms with Crippen molar-refractivity contribution in [2.45, 2.75) is 37.6 Å². The first kappa shape index (κ1) is 19.4. The van der Waals surface area contributed by atoms with Crippen molar-refractivity contribution in [3.8, 4) is 5.69 Å². The Morgan fingerprint density at radius 2 is 1.67 bits per heavy atom. The third-order valence-electron chi connectivity index (χ3n) is 9.06. The average Bonchev–Trinajstić information content (AvgIpc) is 3.61. The molecule has 1 aromatic carbocycles. The lowest BCUT2D eigenvalue weighted by molar-refractivity contribution is -0.147. The molecule has 33 heavy (non-hydrogen) atoms. The minimum Gasteiger partial charge on any atom is -0.372 e. The molecule has 2 aliphatic carbocycles. The average molecular weight is 445 g/mol. The predicted molar refractivity (Wildman–Crippen MR) is 121 cm³/mol. The summed E-state index contributed by atoms with van der Waals surface area (Å²) in [5, 5.41) is 3.77. The van der Waals surface area contributed by atoms with E-state index in [0.29, 0.717) is 24.9 Å². The van der Waals surface area contributed by atoms with Crippen LogP contribution < -0.4 is 5.32 Å². The van der Waals surface area contributed by atoms with Crippen molar-refractivity contribution in [3.05, 3.63) is 48.3 Å². The van der Waals surface area contributed by atoms with Crippen LogP contribution in [0.5, 0.6) is 0 Å². The molecule has 0 radical (unpaired) electrons. The number of benzene rings is 1. The topological polar surface area (TPSA) is 74.7 Å². The van der Waals surface area contributed by atoms with Gasteiger partial charge in [-0.3, -0.25) is 19.3 Å². The van der Waals surface area contributed by atoms with Gasteiger partial charge in [-0.2, -0.15) is 0 Å². The summed E-state index contributed by atoms with van der Waals surface area (Å²) in [5.74, 6) is 0.0852. The molecule has 1 spiro atoms. The number of carbonyl (C=O) groups excluding carboxylic acids is 3. The van der Waals surface area contributed by atoms with Crippen LogP contribution >= 0.6 is 0 Å². The van der Waals surface area contributed by atoms with Crippen molar-refractivity contribution in [2.24, 2.45) is 23.7 Å². The lowest BCUT2D eigenvalue weighted by Gasteiger charge is -2.46. The molecule has 4 heterocycles. The Balaban J connectivity index is 1.06. The highest BCUT2D eigenvalue weighted by Crippen LogP contribution is 2.56. The van der Waals surface area contributed by atoms with E-state index >= 15 is 0 Å². The predicted octanol–water partition coefficient (Wildman–Crippen LogP) is 2.75. The summed E-state index contributed by atoms with van der Waals surface area (Å²) in [6, 6.07) is 12.5. The lowest BCUT2D eigenvalue weighted by atomic mass is 9.81. The first-order chi connectivity index (χ1) is 16.1. The van der Waals surface area contributed by atoms with Crippen LogP contribution in [0.2, 0.25) is 0 Å². The van der Waals surface area contributed by atoms with Crippen molar-refractivity contribution in [1.82, 2.24) is 14.4 Å². The second-order valence-corrected chi connectivity index (χ2v) is 10.5. The molecule has 170 valence electrons. The number of likely N-dealkylation sites (tertiary alicyclic amines) is 2. The van der Waals surface area contributed by atoms with E-state index in [1.54, 1.807) is 0 Å². The van der Waals surface area contributed by atoms with Gasteiger partial charge in [-0.25, -0.2) is 0 Å². The number of aromatic nitrogens is 1. The van der Waals surface area contributed by atoms with E-state index < -0.39 is 0 Å². The van der Waals surface area contributed by atoms with Gasteiger partial charge >= 0.3 is 0 Å². The third kappa shape index (κ3) is 2.59. The van der Waals surface area contributed by atoms with Gasteiger partial charge in [-0.05, 0) is 68.2 Å². The van der Waals surface area contributed by atoms with E-state index in [2.05, 4.69) is 40.3 Å². The van der Waals surface area contributed by atoms with Crippen LogP contribution in [-0.4, -0.2) is 51.7 Å². The summed E-state index contributed by atoms with van der Waals surface area (Å²) in [6.45, 7) is 1.12. The zero-order chi connectivity index (χ0) is 22.3. The maximum Gasteiger partial charge on any atom is 0.242 e. The molecule has 7 rings (SSSR count). The number of para-hydroxylation sites is 2. The summed E-state index contributed by atoms with van der Waals surface area (Å²) in [7, 11) is 0. The molecule has 2 aromatic rings. The Morgan fingerprint density at radius 1 is 0.970 bits per heavy atom. The van der Waals surface area contributed by atoms with Crippen molar-refractivity contribution in [1.29, 1.82) is 0 Å². The fourth-order valence-corrected chi connectivity index (χ4v) is 7.47. The molecule has 2 saturated heterocycles. The summed E-state index contributed by atoms with van der Waals surface area (Å²) < 4.78 is 2.25. The van der Waals surface area contributed by atoms with E-state index in [1.807, 2.05) is 17.0 Å². The fourth-order valence-electron chi connectivity index (χ4n) is 7.47. The molecular formula is C26H28N4O3. The van der Waals surface area contributed by atoms with Crippen LogP contribution in [-0.2, 0) is 19.9 Å². The van der Waals surface area contributed by atoms with Crippen molar-refractivity contribution < 1.29 is 14.4 Å². The van der Waals surface area contributed by atoms with Gasteiger partial charge in [0.1, 0.15) is 6.54 Å². The molecule has 2 saturated carbocycles. The Kier molecular flexibility index (Phi) is 3.94. The van der Waals surface area contributed by atoms with Gasteiger partial charge in [-0.15, -0.1) is 0 Å². The van der Waals surface area contributed by atoms with Gasteiger partial charge in [0.2, 0.25) is 17.7 Å². The van der Waals surface area contributed by atoms with E-state index in [0.717, 1.165) is 43.5 Å². The lowest BCUT2D eigenvalue weighted by Crippen LogP contribution is -2.53. The fraction of sp³-hybridized carbons (Fsp3) is 0.500. The van der Waals surface area contributed by atoms with Crippen molar-refractivity contribution >= 4 is 23.4 Å². The molecule has 7 nitrogen and oxygen atoms in total. The third-order valence-corrected chi connectivity index (χ3v) is 9.06. The molecule has 7 heteroatoms. The number of fused-ring (bicyclic) bond motifs is 9. The standard InChI is InChI=1S/C26H28N4O3/c31-21(15-30-24(32)22-16-7-8-17(14-16)23(22)25(30)33)28-12-9-26(10-13-28)20-6-3-11-29(20)19-5-2-1-4-18(19)27-26/h1-6,11,16-17,22-23,27H,7-10,12-15H2/t16-,17+,22-,23-/m0/s1. The molecule has 3 aliphatic heterocycles. The molecule has 5 aliphatic rings. The molecule has 4 atom stereocenters. The van der Waals surface area contributed by atoms with Crippen LogP contribution in [0.3, 0.4) is 0 Å². The number of rotatable bonds is 2. The number of hydrogen-bond donors (Lipinski definition) is 1. The Bertz CT molecular complexity index is 1150. The van der Waals surface area contributed by atoms with Gasteiger partial charge in [0.05, 0.1) is 28.7 Å².